The molecule has 3 aromatic rings. The summed E-state index contributed by atoms with van der Waals surface area (Å²) >= 11 is 0. The first-order valence-electron chi connectivity index (χ1n) is 10.9. The van der Waals surface area contributed by atoms with Crippen molar-refractivity contribution in [3.63, 3.8) is 0 Å². The van der Waals surface area contributed by atoms with Crippen LogP contribution in [0.25, 0.3) is 0 Å². The first kappa shape index (κ1) is 24.8. The zero-order chi connectivity index (χ0) is 24.5. The predicted molar refractivity (Wildman–Crippen MR) is 131 cm³/mol. The van der Waals surface area contributed by atoms with Crippen LogP contribution in [0.2, 0.25) is 0 Å². The number of nitrogens with one attached hydrogen (secondary N) is 1. The molecule has 7 nitrogen and oxygen atoms in total. The van der Waals surface area contributed by atoms with Gasteiger partial charge in [0, 0.05) is 18.0 Å². The molecule has 1 N–H and O–H groups in total. The Labute approximate surface area is 200 Å². The number of benzene rings is 3. The number of hydrogen-bond donors (Lipinski definition) is 1. The van der Waals surface area contributed by atoms with Gasteiger partial charge in [-0.1, -0.05) is 36.4 Å². The molecule has 3 aromatic carbocycles. The van der Waals surface area contributed by atoms with Crippen LogP contribution in [0.4, 0.5) is 0 Å². The summed E-state index contributed by atoms with van der Waals surface area (Å²) in [6, 6.07) is 19.3. The Kier molecular flexibility index (Phi) is 8.62. The van der Waals surface area contributed by atoms with E-state index in [0.717, 1.165) is 12.0 Å². The highest BCUT2D eigenvalue weighted by Crippen LogP contribution is 2.38. The van der Waals surface area contributed by atoms with Crippen LogP contribution in [0, 0.1) is 0 Å². The lowest BCUT2D eigenvalue weighted by Crippen LogP contribution is -2.29. The zero-order valence-electron chi connectivity index (χ0n) is 20.2. The van der Waals surface area contributed by atoms with Crippen molar-refractivity contribution in [2.75, 3.05) is 42.1 Å². The van der Waals surface area contributed by atoms with Gasteiger partial charge in [0.05, 0.1) is 35.5 Å². The summed E-state index contributed by atoms with van der Waals surface area (Å²) in [5.41, 5.74) is 2.62. The van der Waals surface area contributed by atoms with Crippen LogP contribution in [-0.2, 0) is 6.42 Å². The first-order valence-corrected chi connectivity index (χ1v) is 10.9. The van der Waals surface area contributed by atoms with E-state index in [0.29, 0.717) is 40.9 Å². The highest BCUT2D eigenvalue weighted by Gasteiger charge is 2.20. The fourth-order valence-electron chi connectivity index (χ4n) is 3.84. The SMILES string of the molecule is COc1ccc([C@@H](CNC(=O)c2cc(OC)c(OC)c(OC)c2)Cc2ccccc2)cc1OC. The fraction of sp³-hybridized carbons (Fsp3) is 0.296. The normalized spacial score (nSPS) is 11.3. The standard InChI is InChI=1S/C27H31NO6/c1-30-22-12-11-19(14-23(22)31-2)21(13-18-9-7-6-8-10-18)17-28-27(29)20-15-24(32-3)26(34-5)25(16-20)33-4/h6-12,14-16,21H,13,17H2,1-5H3,(H,28,29)/t21-/m1/s1. The van der Waals surface area contributed by atoms with Crippen molar-refractivity contribution in [2.45, 2.75) is 12.3 Å². The third-order valence-electron chi connectivity index (χ3n) is 5.64. The van der Waals surface area contributed by atoms with E-state index in [4.69, 9.17) is 23.7 Å². The van der Waals surface area contributed by atoms with E-state index < -0.39 is 0 Å². The average molecular weight is 466 g/mol. The van der Waals surface area contributed by atoms with Gasteiger partial charge in [-0.2, -0.15) is 0 Å². The minimum atomic E-state index is -0.238. The van der Waals surface area contributed by atoms with Crippen LogP contribution in [0.5, 0.6) is 28.7 Å². The van der Waals surface area contributed by atoms with Crippen LogP contribution in [0.15, 0.2) is 60.7 Å². The second-order valence-corrected chi connectivity index (χ2v) is 7.63. The third kappa shape index (κ3) is 5.73. The molecule has 0 saturated heterocycles. The molecule has 1 amide bonds. The molecule has 180 valence electrons. The molecule has 0 fully saturated rings. The summed E-state index contributed by atoms with van der Waals surface area (Å²) in [4.78, 5) is 13.1. The molecule has 0 aliphatic heterocycles. The van der Waals surface area contributed by atoms with Gasteiger partial charge in [0.2, 0.25) is 5.75 Å². The Balaban J connectivity index is 1.86. The van der Waals surface area contributed by atoms with Gasteiger partial charge >= 0.3 is 0 Å². The monoisotopic (exact) mass is 465 g/mol. The molecular weight excluding hydrogens is 434 g/mol. The Morgan fingerprint density at radius 3 is 1.91 bits per heavy atom. The van der Waals surface area contributed by atoms with Crippen molar-refractivity contribution in [3.8, 4) is 28.7 Å². The number of ether oxygens (including phenoxy) is 5. The Morgan fingerprint density at radius 1 is 0.735 bits per heavy atom. The maximum Gasteiger partial charge on any atom is 0.251 e. The lowest BCUT2D eigenvalue weighted by Gasteiger charge is -2.20. The maximum absolute atomic E-state index is 13.1. The number of carbonyl (C=O) groups excluding carboxylic acids is 1. The van der Waals surface area contributed by atoms with Gasteiger partial charge in [0.1, 0.15) is 0 Å². The van der Waals surface area contributed by atoms with Crippen LogP contribution in [-0.4, -0.2) is 48.0 Å². The second-order valence-electron chi connectivity index (χ2n) is 7.63. The van der Waals surface area contributed by atoms with Gasteiger partial charge in [-0.15, -0.1) is 0 Å². The molecule has 1 atom stereocenters. The molecule has 0 bridgehead atoms. The Hall–Kier alpha value is -3.87. The molecule has 7 heteroatoms. The van der Waals surface area contributed by atoms with Crippen LogP contribution in [0.1, 0.15) is 27.4 Å². The van der Waals surface area contributed by atoms with E-state index in [1.165, 1.54) is 26.9 Å². The summed E-state index contributed by atoms with van der Waals surface area (Å²) in [7, 11) is 7.78. The van der Waals surface area contributed by atoms with Crippen molar-refractivity contribution >= 4 is 5.91 Å². The summed E-state index contributed by atoms with van der Waals surface area (Å²) in [6.07, 6.45) is 0.742. The fourth-order valence-corrected chi connectivity index (χ4v) is 3.84. The van der Waals surface area contributed by atoms with Crippen molar-refractivity contribution in [1.29, 1.82) is 0 Å². The molecule has 0 radical (unpaired) electrons. The van der Waals surface area contributed by atoms with Crippen molar-refractivity contribution in [1.82, 2.24) is 5.32 Å². The van der Waals surface area contributed by atoms with E-state index in [9.17, 15) is 4.79 Å². The van der Waals surface area contributed by atoms with E-state index in [1.807, 2.05) is 36.4 Å². The van der Waals surface area contributed by atoms with E-state index in [1.54, 1.807) is 26.4 Å². The molecule has 0 heterocycles. The molecule has 0 unspecified atom stereocenters. The lowest BCUT2D eigenvalue weighted by molar-refractivity contribution is 0.0950. The summed E-state index contributed by atoms with van der Waals surface area (Å²) in [5.74, 6) is 2.36. The largest absolute Gasteiger partial charge is 0.493 e. The smallest absolute Gasteiger partial charge is 0.251 e. The van der Waals surface area contributed by atoms with Gasteiger partial charge in [-0.3, -0.25) is 4.79 Å². The van der Waals surface area contributed by atoms with E-state index >= 15 is 0 Å². The molecular formula is C27H31NO6. The lowest BCUT2D eigenvalue weighted by atomic mass is 9.91. The average Bonchev–Trinajstić information content (AvgIpc) is 2.89. The molecule has 0 aromatic heterocycles. The van der Waals surface area contributed by atoms with Gasteiger partial charge in [0.15, 0.2) is 23.0 Å². The quantitative estimate of drug-likeness (QED) is 0.450. The highest BCUT2D eigenvalue weighted by molar-refractivity contribution is 5.95. The number of hydrogen-bond acceptors (Lipinski definition) is 6. The van der Waals surface area contributed by atoms with Crippen LogP contribution >= 0.6 is 0 Å². The second kappa shape index (κ2) is 11.8. The predicted octanol–water partition coefficient (Wildman–Crippen LogP) is 4.49. The minimum absolute atomic E-state index is 0.00759. The molecule has 34 heavy (non-hydrogen) atoms. The molecule has 0 aliphatic rings. The number of methoxy groups -OCH3 is 5. The third-order valence-corrected chi connectivity index (χ3v) is 5.64. The highest BCUT2D eigenvalue weighted by atomic mass is 16.5. The van der Waals surface area contributed by atoms with Crippen molar-refractivity contribution < 1.29 is 28.5 Å². The molecule has 0 spiro atoms. The first-order chi connectivity index (χ1) is 16.5. The molecule has 0 aliphatic carbocycles. The maximum atomic E-state index is 13.1. The van der Waals surface area contributed by atoms with Crippen molar-refractivity contribution in [2.24, 2.45) is 0 Å². The molecule has 0 saturated carbocycles. The summed E-state index contributed by atoms with van der Waals surface area (Å²) < 4.78 is 27.0. The van der Waals surface area contributed by atoms with Gasteiger partial charge < -0.3 is 29.0 Å². The summed E-state index contributed by atoms with van der Waals surface area (Å²) in [6.45, 7) is 0.417. The van der Waals surface area contributed by atoms with Crippen LogP contribution in [0.3, 0.4) is 0 Å². The van der Waals surface area contributed by atoms with Gasteiger partial charge in [-0.25, -0.2) is 0 Å². The zero-order valence-corrected chi connectivity index (χ0v) is 20.2. The van der Waals surface area contributed by atoms with E-state index in [2.05, 4.69) is 17.4 Å². The van der Waals surface area contributed by atoms with E-state index in [-0.39, 0.29) is 11.8 Å². The number of amides is 1. The Morgan fingerprint density at radius 2 is 1.35 bits per heavy atom. The number of rotatable bonds is 11. The molecule has 3 rings (SSSR count). The number of carbonyl (C=O) groups is 1. The Bertz CT molecular complexity index is 1070. The van der Waals surface area contributed by atoms with Crippen molar-refractivity contribution in [3.05, 3.63) is 77.4 Å². The van der Waals surface area contributed by atoms with Crippen LogP contribution < -0.4 is 29.0 Å². The van der Waals surface area contributed by atoms with Gasteiger partial charge in [0.25, 0.3) is 5.91 Å². The summed E-state index contributed by atoms with van der Waals surface area (Å²) in [5, 5.41) is 3.06. The minimum Gasteiger partial charge on any atom is -0.493 e. The topological polar surface area (TPSA) is 75.3 Å². The van der Waals surface area contributed by atoms with Gasteiger partial charge in [-0.05, 0) is 41.8 Å².